The molecule has 2 aliphatic carbocycles. The van der Waals surface area contributed by atoms with E-state index in [2.05, 4.69) is 34.1 Å². The van der Waals surface area contributed by atoms with E-state index in [9.17, 15) is 4.79 Å². The maximum absolute atomic E-state index is 12.3. The molecule has 0 radical (unpaired) electrons. The average molecular weight is 425 g/mol. The van der Waals surface area contributed by atoms with Gasteiger partial charge < -0.3 is 10.7 Å². The molecule has 2 aliphatic rings. The highest BCUT2D eigenvalue weighted by Crippen LogP contribution is 2.54. The van der Waals surface area contributed by atoms with Crippen LogP contribution in [-0.2, 0) is 11.8 Å². The van der Waals surface area contributed by atoms with Crippen LogP contribution < -0.4 is 5.73 Å². The summed E-state index contributed by atoms with van der Waals surface area (Å²) < 4.78 is 1.85. The summed E-state index contributed by atoms with van der Waals surface area (Å²) in [5.74, 6) is 1.06. The molecule has 1 amide bonds. The highest BCUT2D eigenvalue weighted by atomic mass is 35.5. The quantitative estimate of drug-likeness (QED) is 0.624. The van der Waals surface area contributed by atoms with Gasteiger partial charge in [0.05, 0.1) is 21.8 Å². The minimum absolute atomic E-state index is 0.0323. The van der Waals surface area contributed by atoms with E-state index in [1.165, 1.54) is 0 Å². The number of carbonyl (C=O) groups excluding carboxylic acids is 1. The molecule has 0 aliphatic heterocycles. The second kappa shape index (κ2) is 6.67. The Kier molecular flexibility index (Phi) is 4.29. The Morgan fingerprint density at radius 1 is 1.33 bits per heavy atom. The molecular weight excluding hydrogens is 400 g/mol. The van der Waals surface area contributed by atoms with E-state index in [0.29, 0.717) is 16.6 Å². The van der Waals surface area contributed by atoms with Crippen LogP contribution in [0.2, 0.25) is 5.02 Å². The number of pyridine rings is 1. The fourth-order valence-corrected chi connectivity index (χ4v) is 6.08. The van der Waals surface area contributed by atoms with Gasteiger partial charge in [-0.3, -0.25) is 9.48 Å². The fourth-order valence-electron chi connectivity index (χ4n) is 5.77. The minimum Gasteiger partial charge on any atom is -0.369 e. The van der Waals surface area contributed by atoms with Gasteiger partial charge in [-0.15, -0.1) is 0 Å². The van der Waals surface area contributed by atoms with Gasteiger partial charge in [0.1, 0.15) is 5.82 Å². The number of H-pyrrole nitrogens is 1. The zero-order valence-corrected chi connectivity index (χ0v) is 18.2. The topological polar surface area (TPSA) is 102 Å². The van der Waals surface area contributed by atoms with E-state index in [1.54, 1.807) is 6.20 Å². The van der Waals surface area contributed by atoms with Crippen molar-refractivity contribution in [2.45, 2.75) is 33.1 Å². The Bertz CT molecular complexity index is 1210. The lowest BCUT2D eigenvalue weighted by molar-refractivity contribution is -0.124. The van der Waals surface area contributed by atoms with Gasteiger partial charge in [0.2, 0.25) is 5.91 Å². The van der Waals surface area contributed by atoms with Crippen LogP contribution in [0.4, 0.5) is 0 Å². The molecule has 30 heavy (non-hydrogen) atoms. The summed E-state index contributed by atoms with van der Waals surface area (Å²) in [6, 6.07) is 0. The first-order chi connectivity index (χ1) is 14.3. The first-order valence-corrected chi connectivity index (χ1v) is 10.7. The van der Waals surface area contributed by atoms with Crippen molar-refractivity contribution < 1.29 is 4.79 Å². The minimum atomic E-state index is -0.225. The van der Waals surface area contributed by atoms with Gasteiger partial charge in [0.25, 0.3) is 0 Å². The van der Waals surface area contributed by atoms with Gasteiger partial charge >= 0.3 is 0 Å². The molecule has 5 rings (SSSR count). The molecule has 7 nitrogen and oxygen atoms in total. The van der Waals surface area contributed by atoms with E-state index in [1.807, 2.05) is 25.6 Å². The molecule has 0 spiro atoms. The average Bonchev–Trinajstić information content (AvgIpc) is 3.44. The van der Waals surface area contributed by atoms with E-state index in [4.69, 9.17) is 22.3 Å². The van der Waals surface area contributed by atoms with Gasteiger partial charge in [-0.05, 0) is 43.9 Å². The van der Waals surface area contributed by atoms with Crippen molar-refractivity contribution in [3.63, 3.8) is 0 Å². The van der Waals surface area contributed by atoms with Crippen molar-refractivity contribution in [2.24, 2.45) is 36.5 Å². The number of nitrogens with two attached hydrogens (primary N) is 1. The lowest BCUT2D eigenvalue weighted by Gasteiger charge is -2.31. The van der Waals surface area contributed by atoms with Gasteiger partial charge in [-0.25, -0.2) is 9.97 Å². The normalized spacial score (nSPS) is 26.0. The third-order valence-corrected chi connectivity index (χ3v) is 7.44. The fraction of sp³-hybridized carbons (Fsp3) is 0.455. The van der Waals surface area contributed by atoms with Crippen molar-refractivity contribution in [3.8, 4) is 11.4 Å². The molecular formula is C22H25ClN6O. The van der Waals surface area contributed by atoms with Crippen molar-refractivity contribution in [1.29, 1.82) is 0 Å². The number of fused-ring (bicyclic) bond motifs is 3. The van der Waals surface area contributed by atoms with Crippen LogP contribution in [0.15, 0.2) is 18.3 Å². The summed E-state index contributed by atoms with van der Waals surface area (Å²) in [5.41, 5.74) is 11.1. The number of aromatic nitrogens is 5. The number of aryl methyl sites for hydroxylation is 2. The number of carbonyl (C=O) groups is 1. The number of imidazole rings is 1. The summed E-state index contributed by atoms with van der Waals surface area (Å²) in [7, 11) is 1.92. The molecule has 3 heterocycles. The highest BCUT2D eigenvalue weighted by Gasteiger charge is 2.50. The third kappa shape index (κ3) is 2.64. The van der Waals surface area contributed by atoms with Gasteiger partial charge in [-0.2, -0.15) is 5.10 Å². The molecule has 5 unspecified atom stereocenters. The molecule has 5 atom stereocenters. The summed E-state index contributed by atoms with van der Waals surface area (Å²) in [5, 5.41) is 5.08. The molecule has 3 aromatic heterocycles. The first-order valence-electron chi connectivity index (χ1n) is 10.3. The molecule has 0 aromatic carbocycles. The molecule has 3 aromatic rings. The zero-order chi connectivity index (χ0) is 21.3. The summed E-state index contributed by atoms with van der Waals surface area (Å²) in [6.07, 6.45) is 7.02. The van der Waals surface area contributed by atoms with Crippen molar-refractivity contribution >= 4 is 28.7 Å². The number of amides is 1. The van der Waals surface area contributed by atoms with Gasteiger partial charge in [0, 0.05) is 30.4 Å². The van der Waals surface area contributed by atoms with Gasteiger partial charge in [-0.1, -0.05) is 30.7 Å². The number of nitrogens with zero attached hydrogens (tertiary/aromatic N) is 4. The van der Waals surface area contributed by atoms with Crippen molar-refractivity contribution in [3.05, 3.63) is 40.3 Å². The standard InChI is InChI=1S/C22H25ClN6O/c1-9(15-12-5-6-13(7-12)18(15)20(24)30)16-14(23)8-25-22-19(16)26-21(27-22)17-10(2)28-29(4)11(17)3/h5-6,8-9,12-13,15,18H,7H2,1-4H3,(H2,24,30)(H,25,26,27). The Hall–Kier alpha value is -2.67. The van der Waals surface area contributed by atoms with Crippen LogP contribution in [-0.4, -0.2) is 30.6 Å². The van der Waals surface area contributed by atoms with Crippen molar-refractivity contribution in [2.75, 3.05) is 0 Å². The van der Waals surface area contributed by atoms with E-state index < -0.39 is 0 Å². The Labute approximate surface area is 179 Å². The van der Waals surface area contributed by atoms with Crippen LogP contribution in [0.5, 0.6) is 0 Å². The molecule has 2 bridgehead atoms. The SMILES string of the molecule is Cc1nn(C)c(C)c1-c1nc2ncc(Cl)c(C(C)C3C4C=CC(C4)C3C(N)=O)c2[nH]1. The molecule has 3 N–H and O–H groups in total. The molecule has 156 valence electrons. The first kappa shape index (κ1) is 19.3. The van der Waals surface area contributed by atoms with E-state index >= 15 is 0 Å². The largest absolute Gasteiger partial charge is 0.369 e. The number of nitrogens with one attached hydrogen (secondary N) is 1. The zero-order valence-electron chi connectivity index (χ0n) is 17.5. The number of allylic oxidation sites excluding steroid dienone is 2. The van der Waals surface area contributed by atoms with Crippen LogP contribution in [0.3, 0.4) is 0 Å². The number of primary amides is 1. The number of hydrogen-bond acceptors (Lipinski definition) is 4. The number of aromatic amines is 1. The van der Waals surface area contributed by atoms with Crippen LogP contribution in [0.1, 0.15) is 36.2 Å². The van der Waals surface area contributed by atoms with E-state index in [-0.39, 0.29) is 29.6 Å². The highest BCUT2D eigenvalue weighted by molar-refractivity contribution is 6.32. The molecule has 1 fully saturated rings. The Balaban J connectivity index is 1.64. The summed E-state index contributed by atoms with van der Waals surface area (Å²) in [4.78, 5) is 24.9. The van der Waals surface area contributed by atoms with E-state index in [0.717, 1.165) is 40.3 Å². The summed E-state index contributed by atoms with van der Waals surface area (Å²) in [6.45, 7) is 6.13. The Morgan fingerprint density at radius 3 is 2.73 bits per heavy atom. The van der Waals surface area contributed by atoms with Gasteiger partial charge in [0.15, 0.2) is 5.65 Å². The third-order valence-electron chi connectivity index (χ3n) is 7.14. The molecule has 0 saturated heterocycles. The molecule has 8 heteroatoms. The monoisotopic (exact) mass is 424 g/mol. The molecule has 1 saturated carbocycles. The second-order valence-electron chi connectivity index (χ2n) is 8.72. The predicted molar refractivity (Wildman–Crippen MR) is 116 cm³/mol. The maximum atomic E-state index is 12.3. The van der Waals surface area contributed by atoms with Crippen LogP contribution in [0, 0.1) is 37.5 Å². The predicted octanol–water partition coefficient (Wildman–Crippen LogP) is 3.66. The van der Waals surface area contributed by atoms with Crippen molar-refractivity contribution in [1.82, 2.24) is 24.7 Å². The number of rotatable bonds is 4. The smallest absolute Gasteiger partial charge is 0.221 e. The number of hydrogen-bond donors (Lipinski definition) is 2. The van der Waals surface area contributed by atoms with Crippen LogP contribution in [0.25, 0.3) is 22.6 Å². The number of halogens is 1. The maximum Gasteiger partial charge on any atom is 0.221 e. The van der Waals surface area contributed by atoms with Crippen LogP contribution >= 0.6 is 11.6 Å². The second-order valence-corrected chi connectivity index (χ2v) is 9.12. The lowest BCUT2D eigenvalue weighted by atomic mass is 9.73. The lowest BCUT2D eigenvalue weighted by Crippen LogP contribution is -2.35. The Morgan fingerprint density at radius 2 is 2.07 bits per heavy atom. The summed E-state index contributed by atoms with van der Waals surface area (Å²) >= 11 is 6.67.